The summed E-state index contributed by atoms with van der Waals surface area (Å²) in [6.07, 6.45) is 6.13. The summed E-state index contributed by atoms with van der Waals surface area (Å²) in [5, 5.41) is 6.43. The number of carbonyl (C=O) groups excluding carboxylic acids is 1. The number of esters is 1. The van der Waals surface area contributed by atoms with Crippen LogP contribution in [0.4, 0.5) is 0 Å². The van der Waals surface area contributed by atoms with Crippen LogP contribution in [0.3, 0.4) is 0 Å². The van der Waals surface area contributed by atoms with Gasteiger partial charge in [-0.05, 0) is 44.7 Å². The zero-order chi connectivity index (χ0) is 20.4. The van der Waals surface area contributed by atoms with Crippen LogP contribution in [0.5, 0.6) is 0 Å². The predicted octanol–water partition coefficient (Wildman–Crippen LogP) is 0.647. The number of aliphatic imine (C=N–C) groups is 1. The lowest BCUT2D eigenvalue weighted by Crippen LogP contribution is -2.47. The van der Waals surface area contributed by atoms with Gasteiger partial charge >= 0.3 is 5.97 Å². The lowest BCUT2D eigenvalue weighted by molar-refractivity contribution is -0.149. The Morgan fingerprint density at radius 1 is 1.29 bits per heavy atom. The van der Waals surface area contributed by atoms with Crippen LogP contribution >= 0.6 is 0 Å². The van der Waals surface area contributed by atoms with Crippen LogP contribution in [0, 0.1) is 5.92 Å². The van der Waals surface area contributed by atoms with Gasteiger partial charge in [-0.25, -0.2) is 13.1 Å². The summed E-state index contributed by atoms with van der Waals surface area (Å²) < 4.78 is 31.9. The zero-order valence-electron chi connectivity index (χ0n) is 16.3. The molecule has 1 aliphatic carbocycles. The third kappa shape index (κ3) is 6.75. The highest BCUT2D eigenvalue weighted by Crippen LogP contribution is 2.25. The molecule has 0 unspecified atom stereocenters. The molecule has 0 aromatic carbocycles. The zero-order valence-corrected chi connectivity index (χ0v) is 17.2. The lowest BCUT2D eigenvalue weighted by Gasteiger charge is -2.29. The summed E-state index contributed by atoms with van der Waals surface area (Å²) in [4.78, 5) is 19.9. The second-order valence-corrected chi connectivity index (χ2v) is 8.30. The maximum Gasteiger partial charge on any atom is 0.308 e. The van der Waals surface area contributed by atoms with Crippen LogP contribution in [0.2, 0.25) is 0 Å². The van der Waals surface area contributed by atoms with Gasteiger partial charge in [-0.1, -0.05) is 0 Å². The van der Waals surface area contributed by atoms with E-state index in [0.717, 1.165) is 25.7 Å². The average Bonchev–Trinajstić information content (AvgIpc) is 2.71. The SMILES string of the molecule is CCOC(=O)C1CCC(NC(=NC)NCCNS(=O)(=O)c2cccnc2)CC1. The Labute approximate surface area is 166 Å². The second-order valence-electron chi connectivity index (χ2n) is 6.53. The molecule has 0 bridgehead atoms. The normalized spacial score (nSPS) is 20.4. The number of nitrogens with one attached hydrogen (secondary N) is 3. The highest BCUT2D eigenvalue weighted by molar-refractivity contribution is 7.89. The molecule has 0 amide bonds. The molecule has 3 N–H and O–H groups in total. The van der Waals surface area contributed by atoms with E-state index in [2.05, 4.69) is 25.3 Å². The van der Waals surface area contributed by atoms with Crippen LogP contribution in [0.15, 0.2) is 34.4 Å². The monoisotopic (exact) mass is 411 g/mol. The van der Waals surface area contributed by atoms with Crippen molar-refractivity contribution < 1.29 is 17.9 Å². The summed E-state index contributed by atoms with van der Waals surface area (Å²) in [7, 11) is -1.90. The van der Waals surface area contributed by atoms with Crippen molar-refractivity contribution >= 4 is 22.0 Å². The number of hydrogen-bond acceptors (Lipinski definition) is 6. The van der Waals surface area contributed by atoms with Crippen molar-refractivity contribution in [2.24, 2.45) is 10.9 Å². The Bertz CT molecular complexity index is 746. The number of sulfonamides is 1. The van der Waals surface area contributed by atoms with Crippen LogP contribution in [-0.4, -0.2) is 58.1 Å². The number of guanidine groups is 1. The van der Waals surface area contributed by atoms with E-state index in [1.165, 1.54) is 18.5 Å². The molecule has 156 valence electrons. The van der Waals surface area contributed by atoms with Crippen molar-refractivity contribution in [2.75, 3.05) is 26.7 Å². The van der Waals surface area contributed by atoms with E-state index in [4.69, 9.17) is 4.74 Å². The molecule has 0 radical (unpaired) electrons. The Hall–Kier alpha value is -2.20. The minimum Gasteiger partial charge on any atom is -0.466 e. The van der Waals surface area contributed by atoms with Crippen molar-refractivity contribution in [1.29, 1.82) is 0 Å². The van der Waals surface area contributed by atoms with E-state index >= 15 is 0 Å². The standard InChI is InChI=1S/C18H29N5O4S/c1-3-27-17(24)14-6-8-15(9-7-14)23-18(19-2)21-11-12-22-28(25,26)16-5-4-10-20-13-16/h4-5,10,13-15,22H,3,6-9,11-12H2,1-2H3,(H2,19,21,23). The Kier molecular flexibility index (Phi) is 8.65. The van der Waals surface area contributed by atoms with Gasteiger partial charge in [0.1, 0.15) is 4.90 Å². The van der Waals surface area contributed by atoms with Gasteiger partial charge in [0.05, 0.1) is 12.5 Å². The van der Waals surface area contributed by atoms with Crippen molar-refractivity contribution in [3.8, 4) is 0 Å². The Balaban J connectivity index is 1.70. The Morgan fingerprint density at radius 2 is 2.04 bits per heavy atom. The molecule has 28 heavy (non-hydrogen) atoms. The van der Waals surface area contributed by atoms with Crippen LogP contribution in [-0.2, 0) is 19.6 Å². The third-order valence-corrected chi connectivity index (χ3v) is 6.01. The van der Waals surface area contributed by atoms with E-state index in [1.54, 1.807) is 13.1 Å². The van der Waals surface area contributed by atoms with E-state index in [9.17, 15) is 13.2 Å². The molecule has 1 saturated carbocycles. The molecule has 2 rings (SSSR count). The summed E-state index contributed by atoms with van der Waals surface area (Å²) in [6, 6.07) is 3.30. The van der Waals surface area contributed by atoms with Gasteiger partial charge in [-0.3, -0.25) is 14.8 Å². The molecular weight excluding hydrogens is 382 g/mol. The quantitative estimate of drug-likeness (QED) is 0.248. The fraction of sp³-hybridized carbons (Fsp3) is 0.611. The molecule has 1 aliphatic rings. The van der Waals surface area contributed by atoms with Gasteiger partial charge in [-0.15, -0.1) is 0 Å². The minimum atomic E-state index is -3.57. The number of ether oxygens (including phenoxy) is 1. The average molecular weight is 412 g/mol. The Morgan fingerprint density at radius 3 is 2.64 bits per heavy atom. The van der Waals surface area contributed by atoms with E-state index in [0.29, 0.717) is 19.1 Å². The molecule has 1 fully saturated rings. The second kappa shape index (κ2) is 11.0. The van der Waals surface area contributed by atoms with Crippen molar-refractivity contribution in [2.45, 2.75) is 43.5 Å². The van der Waals surface area contributed by atoms with E-state index in [1.807, 2.05) is 6.92 Å². The fourth-order valence-electron chi connectivity index (χ4n) is 3.08. The number of rotatable bonds is 8. The fourth-order valence-corrected chi connectivity index (χ4v) is 4.07. The van der Waals surface area contributed by atoms with Crippen LogP contribution < -0.4 is 15.4 Å². The third-order valence-electron chi connectivity index (χ3n) is 4.57. The lowest BCUT2D eigenvalue weighted by atomic mass is 9.86. The van der Waals surface area contributed by atoms with E-state index in [-0.39, 0.29) is 29.4 Å². The number of pyridine rings is 1. The molecule has 0 spiro atoms. The first-order valence-corrected chi connectivity index (χ1v) is 11.0. The van der Waals surface area contributed by atoms with Gasteiger partial charge in [0.15, 0.2) is 5.96 Å². The highest BCUT2D eigenvalue weighted by Gasteiger charge is 2.27. The molecule has 1 heterocycles. The predicted molar refractivity (Wildman–Crippen MR) is 106 cm³/mol. The molecule has 1 aromatic rings. The molecule has 1 aromatic heterocycles. The first-order valence-electron chi connectivity index (χ1n) is 9.49. The molecule has 0 atom stereocenters. The molecule has 10 heteroatoms. The minimum absolute atomic E-state index is 0.0187. The highest BCUT2D eigenvalue weighted by atomic mass is 32.2. The maximum absolute atomic E-state index is 12.1. The maximum atomic E-state index is 12.1. The molecule has 0 aliphatic heterocycles. The summed E-state index contributed by atoms with van der Waals surface area (Å²) in [5.74, 6) is 0.486. The van der Waals surface area contributed by atoms with Gasteiger partial charge in [0, 0.05) is 38.6 Å². The number of nitrogens with zero attached hydrogens (tertiary/aromatic N) is 2. The van der Waals surface area contributed by atoms with Gasteiger partial charge in [0.2, 0.25) is 10.0 Å². The van der Waals surface area contributed by atoms with Gasteiger partial charge in [0.25, 0.3) is 0 Å². The number of hydrogen-bond donors (Lipinski definition) is 3. The van der Waals surface area contributed by atoms with Gasteiger partial charge < -0.3 is 15.4 Å². The van der Waals surface area contributed by atoms with E-state index < -0.39 is 10.0 Å². The molecule has 9 nitrogen and oxygen atoms in total. The summed E-state index contributed by atoms with van der Waals surface area (Å²) >= 11 is 0. The summed E-state index contributed by atoms with van der Waals surface area (Å²) in [6.45, 7) is 2.83. The topological polar surface area (TPSA) is 122 Å². The largest absolute Gasteiger partial charge is 0.466 e. The van der Waals surface area contributed by atoms with Crippen molar-refractivity contribution in [3.05, 3.63) is 24.5 Å². The molecule has 0 saturated heterocycles. The first-order chi connectivity index (χ1) is 13.5. The van der Waals surface area contributed by atoms with Gasteiger partial charge in [-0.2, -0.15) is 0 Å². The number of carbonyl (C=O) groups is 1. The number of aromatic nitrogens is 1. The van der Waals surface area contributed by atoms with Crippen LogP contribution in [0.1, 0.15) is 32.6 Å². The smallest absolute Gasteiger partial charge is 0.308 e. The summed E-state index contributed by atoms with van der Waals surface area (Å²) in [5.41, 5.74) is 0. The first kappa shape index (κ1) is 22.1. The molecular formula is C18H29N5O4S. The van der Waals surface area contributed by atoms with Crippen molar-refractivity contribution in [1.82, 2.24) is 20.3 Å². The van der Waals surface area contributed by atoms with Crippen molar-refractivity contribution in [3.63, 3.8) is 0 Å². The van der Waals surface area contributed by atoms with Crippen LogP contribution in [0.25, 0.3) is 0 Å².